The molecule has 0 aromatic rings. The van der Waals surface area contributed by atoms with Crippen molar-refractivity contribution in [3.63, 3.8) is 0 Å². The lowest BCUT2D eigenvalue weighted by Gasteiger charge is -2.20. The molecule has 1 fully saturated rings. The van der Waals surface area contributed by atoms with E-state index in [9.17, 15) is 0 Å². The van der Waals surface area contributed by atoms with Gasteiger partial charge in [-0.3, -0.25) is 0 Å². The molecule has 1 aliphatic rings. The van der Waals surface area contributed by atoms with Gasteiger partial charge in [0.25, 0.3) is 0 Å². The monoisotopic (exact) mass is 151 g/mol. The second-order valence-electron chi connectivity index (χ2n) is 2.13. The van der Waals surface area contributed by atoms with Crippen molar-refractivity contribution in [1.82, 2.24) is 0 Å². The minimum atomic E-state index is 0.116. The molecule has 0 aromatic heterocycles. The Labute approximate surface area is 60.2 Å². The predicted molar refractivity (Wildman–Crippen MR) is 37.4 cm³/mol. The highest BCUT2D eigenvalue weighted by Crippen LogP contribution is 2.25. The first-order valence-corrected chi connectivity index (χ1v) is 3.79. The van der Waals surface area contributed by atoms with Gasteiger partial charge < -0.3 is 0 Å². The molecule has 0 aromatic carbocycles. The quantitative estimate of drug-likeness (QED) is 0.468. The topological polar surface area (TPSA) is 0 Å². The van der Waals surface area contributed by atoms with Crippen molar-refractivity contribution in [2.45, 2.75) is 30.0 Å². The zero-order valence-corrected chi connectivity index (χ0v) is 6.12. The Balaban J connectivity index is 2.28. The molecule has 0 nitrogen and oxygen atoms in total. The summed E-state index contributed by atoms with van der Waals surface area (Å²) in [5.41, 5.74) is 0. The first-order chi connectivity index (χ1) is 3.80. The zero-order chi connectivity index (χ0) is 5.98. The largest absolute Gasteiger partial charge is 0.121 e. The number of rotatable bonds is 0. The van der Waals surface area contributed by atoms with Gasteiger partial charge in [-0.15, -0.1) is 23.2 Å². The van der Waals surface area contributed by atoms with E-state index >= 15 is 0 Å². The van der Waals surface area contributed by atoms with Crippen LogP contribution in [0.2, 0.25) is 0 Å². The Hall–Kier alpha value is 0.580. The molecule has 0 bridgehead atoms. The molecule has 0 N–H and O–H groups in total. The van der Waals surface area contributed by atoms with Crippen molar-refractivity contribution >= 4 is 23.2 Å². The summed E-state index contributed by atoms with van der Waals surface area (Å²) in [6.45, 7) is 0. The second-order valence-corrected chi connectivity index (χ2v) is 3.19. The summed E-state index contributed by atoms with van der Waals surface area (Å²) in [6.07, 6.45) is 5.50. The molecule has 0 saturated heterocycles. The van der Waals surface area contributed by atoms with Crippen LogP contribution in [0.25, 0.3) is 0 Å². The molecule has 1 rings (SSSR count). The average Bonchev–Trinajstić information content (AvgIpc) is 1.77. The third-order valence-electron chi connectivity index (χ3n) is 1.42. The number of halogens is 2. The van der Waals surface area contributed by atoms with Gasteiger partial charge in [0.2, 0.25) is 0 Å². The molecule has 1 aliphatic carbocycles. The normalized spacial score (nSPS) is 39.8. The summed E-state index contributed by atoms with van der Waals surface area (Å²) in [4.78, 5) is 0. The lowest BCUT2D eigenvalue weighted by atomic mass is 10.00. The Morgan fingerprint density at radius 1 is 1.38 bits per heavy atom. The molecule has 1 radical (unpaired) electrons. The van der Waals surface area contributed by atoms with E-state index in [2.05, 4.69) is 6.42 Å². The Kier molecular flexibility index (Phi) is 2.45. The van der Waals surface area contributed by atoms with Crippen LogP contribution in [-0.2, 0) is 0 Å². The van der Waals surface area contributed by atoms with Gasteiger partial charge >= 0.3 is 0 Å². The summed E-state index contributed by atoms with van der Waals surface area (Å²) in [7, 11) is 0. The third kappa shape index (κ3) is 1.53. The molecular weight excluding hydrogens is 143 g/mol. The van der Waals surface area contributed by atoms with Crippen LogP contribution in [-0.4, -0.2) is 10.8 Å². The zero-order valence-electron chi connectivity index (χ0n) is 4.61. The van der Waals surface area contributed by atoms with Crippen molar-refractivity contribution in [2.75, 3.05) is 0 Å². The van der Waals surface area contributed by atoms with Crippen LogP contribution in [0, 0.1) is 6.42 Å². The highest BCUT2D eigenvalue weighted by Gasteiger charge is 2.20. The van der Waals surface area contributed by atoms with Gasteiger partial charge in [0.1, 0.15) is 0 Å². The Morgan fingerprint density at radius 2 is 2.12 bits per heavy atom. The van der Waals surface area contributed by atoms with E-state index in [1.165, 1.54) is 6.42 Å². The molecule has 0 amide bonds. The molecule has 1 saturated carbocycles. The van der Waals surface area contributed by atoms with Crippen LogP contribution in [0.1, 0.15) is 19.3 Å². The lowest BCUT2D eigenvalue weighted by Crippen LogP contribution is -2.19. The molecule has 0 aliphatic heterocycles. The fourth-order valence-corrected chi connectivity index (χ4v) is 1.41. The summed E-state index contributed by atoms with van der Waals surface area (Å²) >= 11 is 11.6. The molecule has 47 valence electrons. The summed E-state index contributed by atoms with van der Waals surface area (Å²) in [6, 6.07) is 0. The average molecular weight is 152 g/mol. The lowest BCUT2D eigenvalue weighted by molar-refractivity contribution is 0.606. The van der Waals surface area contributed by atoms with Gasteiger partial charge in [-0.05, 0) is 19.3 Å². The van der Waals surface area contributed by atoms with Gasteiger partial charge in [0, 0.05) is 0 Å². The SMILES string of the molecule is ClC1[CH]CCCC1Cl. The van der Waals surface area contributed by atoms with Gasteiger partial charge in [-0.25, -0.2) is 0 Å². The van der Waals surface area contributed by atoms with Gasteiger partial charge in [-0.2, -0.15) is 0 Å². The summed E-state index contributed by atoms with van der Waals surface area (Å²) in [5.74, 6) is 0. The van der Waals surface area contributed by atoms with E-state index < -0.39 is 0 Å². The van der Waals surface area contributed by atoms with Crippen molar-refractivity contribution < 1.29 is 0 Å². The fraction of sp³-hybridized carbons (Fsp3) is 0.833. The van der Waals surface area contributed by atoms with E-state index in [0.717, 1.165) is 12.8 Å². The number of hydrogen-bond donors (Lipinski definition) is 0. The van der Waals surface area contributed by atoms with E-state index in [0.29, 0.717) is 0 Å². The van der Waals surface area contributed by atoms with Crippen molar-refractivity contribution in [3.8, 4) is 0 Å². The van der Waals surface area contributed by atoms with Crippen molar-refractivity contribution in [1.29, 1.82) is 0 Å². The van der Waals surface area contributed by atoms with Gasteiger partial charge in [0.15, 0.2) is 0 Å². The summed E-state index contributed by atoms with van der Waals surface area (Å²) in [5, 5.41) is 0.302. The smallest absolute Gasteiger partial charge is 0.0531 e. The minimum absolute atomic E-state index is 0.116. The number of alkyl halides is 2. The standard InChI is InChI=1S/C6H9Cl2/c7-5-3-1-2-4-6(5)8/h3,5-6H,1-2,4H2. The van der Waals surface area contributed by atoms with Crippen molar-refractivity contribution in [3.05, 3.63) is 6.42 Å². The second kappa shape index (κ2) is 2.93. The number of hydrogen-bond acceptors (Lipinski definition) is 0. The van der Waals surface area contributed by atoms with Gasteiger partial charge in [0.05, 0.1) is 10.8 Å². The van der Waals surface area contributed by atoms with E-state index in [4.69, 9.17) is 23.2 Å². The van der Waals surface area contributed by atoms with Crippen LogP contribution in [0.3, 0.4) is 0 Å². The van der Waals surface area contributed by atoms with E-state index in [1.54, 1.807) is 0 Å². The molecule has 0 heterocycles. The van der Waals surface area contributed by atoms with E-state index in [1.807, 2.05) is 0 Å². The predicted octanol–water partition coefficient (Wildman–Crippen LogP) is 2.59. The molecule has 0 spiro atoms. The van der Waals surface area contributed by atoms with Gasteiger partial charge in [-0.1, -0.05) is 6.42 Å². The van der Waals surface area contributed by atoms with Crippen molar-refractivity contribution in [2.24, 2.45) is 0 Å². The third-order valence-corrected chi connectivity index (χ3v) is 2.52. The Bertz CT molecular complexity index is 62.9. The minimum Gasteiger partial charge on any atom is -0.121 e. The Morgan fingerprint density at radius 3 is 2.50 bits per heavy atom. The molecule has 2 unspecified atom stereocenters. The fourth-order valence-electron chi connectivity index (χ4n) is 0.897. The maximum absolute atomic E-state index is 5.80. The molecule has 2 heteroatoms. The first-order valence-electron chi connectivity index (χ1n) is 2.92. The highest BCUT2D eigenvalue weighted by atomic mass is 35.5. The maximum Gasteiger partial charge on any atom is 0.0531 e. The molecule has 8 heavy (non-hydrogen) atoms. The van der Waals surface area contributed by atoms with Crippen LogP contribution >= 0.6 is 23.2 Å². The molecule has 2 atom stereocenters. The summed E-state index contributed by atoms with van der Waals surface area (Å²) < 4.78 is 0. The first kappa shape index (κ1) is 6.70. The van der Waals surface area contributed by atoms with E-state index in [-0.39, 0.29) is 10.8 Å². The van der Waals surface area contributed by atoms with Crippen LogP contribution in [0.4, 0.5) is 0 Å². The van der Waals surface area contributed by atoms with Crippen LogP contribution in [0.5, 0.6) is 0 Å². The molecular formula is C6H9Cl2. The maximum atomic E-state index is 5.80. The van der Waals surface area contributed by atoms with Crippen LogP contribution in [0.15, 0.2) is 0 Å². The highest BCUT2D eigenvalue weighted by molar-refractivity contribution is 6.30. The van der Waals surface area contributed by atoms with Crippen LogP contribution < -0.4 is 0 Å².